The number of piperidine rings is 1. The van der Waals surface area contributed by atoms with Crippen LogP contribution >= 0.6 is 0 Å². The van der Waals surface area contributed by atoms with E-state index in [1.165, 1.54) is 12.1 Å². The van der Waals surface area contributed by atoms with E-state index < -0.39 is 10.0 Å². The molecule has 0 saturated carbocycles. The lowest BCUT2D eigenvalue weighted by atomic mass is 9.90. The molecule has 8 heteroatoms. The number of carbonyl (C=O) groups excluding carboxylic acids is 1. The Kier molecular flexibility index (Phi) is 5.77. The van der Waals surface area contributed by atoms with Crippen LogP contribution in [0.1, 0.15) is 26.7 Å². The van der Waals surface area contributed by atoms with Crippen molar-refractivity contribution in [1.82, 2.24) is 9.62 Å². The van der Waals surface area contributed by atoms with Gasteiger partial charge in [-0.1, -0.05) is 26.0 Å². The topological polar surface area (TPSA) is 84.9 Å². The molecule has 4 rings (SSSR count). The normalized spacial score (nSPS) is 26.1. The van der Waals surface area contributed by atoms with Gasteiger partial charge in [0.2, 0.25) is 5.91 Å². The summed E-state index contributed by atoms with van der Waals surface area (Å²) in [4.78, 5) is 14.9. The molecule has 0 radical (unpaired) electrons. The second-order valence-electron chi connectivity index (χ2n) is 8.46. The van der Waals surface area contributed by atoms with E-state index in [1.807, 2.05) is 4.90 Å². The molecule has 3 aliphatic rings. The molecule has 0 aromatic heterocycles. The minimum absolute atomic E-state index is 0.107. The van der Waals surface area contributed by atoms with Crippen molar-refractivity contribution in [3.63, 3.8) is 0 Å². The molecule has 162 valence electrons. The highest BCUT2D eigenvalue weighted by Crippen LogP contribution is 2.32. The van der Waals surface area contributed by atoms with Crippen molar-refractivity contribution >= 4 is 15.9 Å². The fraction of sp³-hybridized carbons (Fsp3) is 0.500. The van der Waals surface area contributed by atoms with E-state index in [9.17, 15) is 13.2 Å². The lowest BCUT2D eigenvalue weighted by molar-refractivity contribution is -0.136. The molecule has 1 N–H and O–H groups in total. The minimum atomic E-state index is -3.77. The smallest absolute Gasteiger partial charge is 0.262 e. The van der Waals surface area contributed by atoms with Gasteiger partial charge in [0, 0.05) is 24.9 Å². The van der Waals surface area contributed by atoms with Crippen LogP contribution in [0, 0.1) is 17.8 Å². The lowest BCUT2D eigenvalue weighted by Crippen LogP contribution is -2.45. The maximum Gasteiger partial charge on any atom is 0.262 e. The van der Waals surface area contributed by atoms with Crippen LogP contribution in [0.3, 0.4) is 0 Å². The Hall–Kier alpha value is -2.48. The molecule has 1 aromatic rings. The Morgan fingerprint density at radius 1 is 1.10 bits per heavy atom. The number of fused-ring (bicyclic) bond motifs is 1. The molecule has 0 bridgehead atoms. The maximum absolute atomic E-state index is 12.9. The number of ether oxygens (including phenoxy) is 2. The highest BCUT2D eigenvalue weighted by Gasteiger charge is 2.30. The maximum atomic E-state index is 12.9. The first-order chi connectivity index (χ1) is 14.3. The van der Waals surface area contributed by atoms with Gasteiger partial charge in [0.1, 0.15) is 13.2 Å². The predicted octanol–water partition coefficient (Wildman–Crippen LogP) is 2.70. The molecule has 7 nitrogen and oxygen atoms in total. The zero-order valence-electron chi connectivity index (χ0n) is 17.3. The van der Waals surface area contributed by atoms with Gasteiger partial charge in [-0.15, -0.1) is 0 Å². The minimum Gasteiger partial charge on any atom is -0.486 e. The fourth-order valence-corrected chi connectivity index (χ4v) is 5.45. The highest BCUT2D eigenvalue weighted by molar-refractivity contribution is 7.89. The van der Waals surface area contributed by atoms with E-state index in [0.717, 1.165) is 19.5 Å². The third-order valence-electron chi connectivity index (χ3n) is 5.67. The van der Waals surface area contributed by atoms with Crippen molar-refractivity contribution < 1.29 is 22.7 Å². The van der Waals surface area contributed by atoms with Crippen molar-refractivity contribution in [3.05, 3.63) is 42.1 Å². The zero-order chi connectivity index (χ0) is 21.3. The summed E-state index contributed by atoms with van der Waals surface area (Å²) in [5.74, 6) is 1.86. The zero-order valence-corrected chi connectivity index (χ0v) is 18.2. The summed E-state index contributed by atoms with van der Waals surface area (Å²) in [6.45, 7) is 6.78. The van der Waals surface area contributed by atoms with Gasteiger partial charge in [-0.05, 0) is 42.9 Å². The number of hydrogen-bond donors (Lipinski definition) is 1. The van der Waals surface area contributed by atoms with Gasteiger partial charge in [0.05, 0.1) is 10.8 Å². The monoisotopic (exact) mass is 432 g/mol. The van der Waals surface area contributed by atoms with Gasteiger partial charge in [0.25, 0.3) is 10.0 Å². The summed E-state index contributed by atoms with van der Waals surface area (Å²) in [7, 11) is -3.77. The molecular weight excluding hydrogens is 404 g/mol. The van der Waals surface area contributed by atoms with Crippen LogP contribution in [0.2, 0.25) is 0 Å². The van der Waals surface area contributed by atoms with Gasteiger partial charge in [0.15, 0.2) is 11.5 Å². The lowest BCUT2D eigenvalue weighted by Gasteiger charge is -2.36. The summed E-state index contributed by atoms with van der Waals surface area (Å²) in [6, 6.07) is 4.56. The highest BCUT2D eigenvalue weighted by atomic mass is 32.2. The number of likely N-dealkylation sites (tertiary alicyclic amines) is 1. The molecule has 1 aliphatic carbocycles. The summed E-state index contributed by atoms with van der Waals surface area (Å²) >= 11 is 0. The van der Waals surface area contributed by atoms with Gasteiger partial charge in [-0.25, -0.2) is 8.42 Å². The second kappa shape index (κ2) is 8.34. The summed E-state index contributed by atoms with van der Waals surface area (Å²) < 4.78 is 39.0. The first-order valence-electron chi connectivity index (χ1n) is 10.4. The van der Waals surface area contributed by atoms with E-state index in [1.54, 1.807) is 24.3 Å². The van der Waals surface area contributed by atoms with Crippen LogP contribution in [-0.2, 0) is 14.8 Å². The van der Waals surface area contributed by atoms with E-state index >= 15 is 0 Å². The number of carbonyl (C=O) groups is 1. The molecule has 1 fully saturated rings. The summed E-state index contributed by atoms with van der Waals surface area (Å²) in [5.41, 5.74) is 0.467. The number of allylic oxidation sites excluding steroid dienone is 2. The SMILES string of the molecule is CC1CC(C)CN(C(=O)C2C=CC(NS(=O)(=O)c3ccc4c(c3)OCCO4)=CC2)C1. The second-order valence-corrected chi connectivity index (χ2v) is 10.1. The third kappa shape index (κ3) is 4.48. The number of sulfonamides is 1. The molecule has 0 spiro atoms. The van der Waals surface area contributed by atoms with Crippen molar-refractivity contribution in [2.45, 2.75) is 31.6 Å². The van der Waals surface area contributed by atoms with E-state index in [4.69, 9.17) is 9.47 Å². The van der Waals surface area contributed by atoms with Crippen molar-refractivity contribution in [1.29, 1.82) is 0 Å². The van der Waals surface area contributed by atoms with Crippen LogP contribution < -0.4 is 14.2 Å². The number of hydrogen-bond acceptors (Lipinski definition) is 5. The van der Waals surface area contributed by atoms with Crippen molar-refractivity contribution in [3.8, 4) is 11.5 Å². The number of benzene rings is 1. The summed E-state index contributed by atoms with van der Waals surface area (Å²) in [6.07, 6.45) is 6.88. The van der Waals surface area contributed by atoms with Crippen LogP contribution in [0.5, 0.6) is 11.5 Å². The van der Waals surface area contributed by atoms with Crippen LogP contribution in [0.4, 0.5) is 0 Å². The van der Waals surface area contributed by atoms with Gasteiger partial charge in [-0.2, -0.15) is 0 Å². The Bertz CT molecular complexity index is 975. The first kappa shape index (κ1) is 20.8. The van der Waals surface area contributed by atoms with Gasteiger partial charge in [-0.3, -0.25) is 9.52 Å². The fourth-order valence-electron chi connectivity index (χ4n) is 4.36. The molecule has 1 amide bonds. The van der Waals surface area contributed by atoms with Crippen LogP contribution in [0.15, 0.2) is 47.0 Å². The number of nitrogens with one attached hydrogen (secondary N) is 1. The average molecular weight is 433 g/mol. The molecule has 30 heavy (non-hydrogen) atoms. The first-order valence-corrected chi connectivity index (χ1v) is 11.9. The Morgan fingerprint density at radius 2 is 1.80 bits per heavy atom. The Balaban J connectivity index is 1.40. The molecule has 2 heterocycles. The average Bonchev–Trinajstić information content (AvgIpc) is 2.72. The van der Waals surface area contributed by atoms with Crippen molar-refractivity contribution in [2.75, 3.05) is 26.3 Å². The number of amides is 1. The Labute approximate surface area is 177 Å². The van der Waals surface area contributed by atoms with E-state index in [0.29, 0.717) is 48.7 Å². The third-order valence-corrected chi connectivity index (χ3v) is 7.05. The summed E-state index contributed by atoms with van der Waals surface area (Å²) in [5, 5.41) is 0. The van der Waals surface area contributed by atoms with Gasteiger partial charge < -0.3 is 14.4 Å². The predicted molar refractivity (Wildman–Crippen MR) is 113 cm³/mol. The largest absolute Gasteiger partial charge is 0.486 e. The number of nitrogens with zero attached hydrogens (tertiary/aromatic N) is 1. The standard InChI is InChI=1S/C22H28N2O5S/c1-15-11-16(2)14-24(13-15)22(25)17-3-5-18(6-4-17)23-30(26,27)19-7-8-20-21(12-19)29-10-9-28-20/h3,5-8,12,15-17,23H,4,9-11,13-14H2,1-2H3. The van der Waals surface area contributed by atoms with E-state index in [2.05, 4.69) is 18.6 Å². The van der Waals surface area contributed by atoms with Crippen molar-refractivity contribution in [2.24, 2.45) is 17.8 Å². The quantitative estimate of drug-likeness (QED) is 0.791. The molecule has 1 aromatic carbocycles. The van der Waals surface area contributed by atoms with Crippen LogP contribution in [-0.4, -0.2) is 45.5 Å². The van der Waals surface area contributed by atoms with Crippen LogP contribution in [0.25, 0.3) is 0 Å². The number of rotatable bonds is 4. The molecular formula is C22H28N2O5S. The molecule has 1 saturated heterocycles. The van der Waals surface area contributed by atoms with Gasteiger partial charge >= 0.3 is 0 Å². The van der Waals surface area contributed by atoms with E-state index in [-0.39, 0.29) is 16.7 Å². The molecule has 3 atom stereocenters. The molecule has 3 unspecified atom stereocenters. The Morgan fingerprint density at radius 3 is 2.47 bits per heavy atom. The molecule has 2 aliphatic heterocycles.